The van der Waals surface area contributed by atoms with E-state index < -0.39 is 0 Å². The van der Waals surface area contributed by atoms with E-state index in [2.05, 4.69) is 26.0 Å². The molecule has 0 aliphatic heterocycles. The van der Waals surface area contributed by atoms with E-state index in [-0.39, 0.29) is 5.97 Å². The van der Waals surface area contributed by atoms with Crippen LogP contribution in [0.2, 0.25) is 0 Å². The molecule has 2 nitrogen and oxygen atoms in total. The lowest BCUT2D eigenvalue weighted by molar-refractivity contribution is -0.140. The fourth-order valence-electron chi connectivity index (χ4n) is 1.70. The first-order valence-corrected chi connectivity index (χ1v) is 6.84. The number of carbonyl (C=O) groups excluding carboxylic acids is 1. The van der Waals surface area contributed by atoms with Gasteiger partial charge in [-0.2, -0.15) is 0 Å². The normalized spacial score (nSPS) is 10.3. The summed E-state index contributed by atoms with van der Waals surface area (Å²) < 4.78 is 5.19. The molecule has 18 heavy (non-hydrogen) atoms. The summed E-state index contributed by atoms with van der Waals surface area (Å²) in [5.74, 6) is -0.203. The Hall–Kier alpha value is -1.31. The first-order chi connectivity index (χ1) is 8.76. The third kappa shape index (κ3) is 5.85. The number of esters is 1. The van der Waals surface area contributed by atoms with Crippen LogP contribution in [0.4, 0.5) is 0 Å². The quantitative estimate of drug-likeness (QED) is 0.511. The van der Waals surface area contributed by atoms with E-state index in [4.69, 9.17) is 4.74 Å². The summed E-state index contributed by atoms with van der Waals surface area (Å²) in [6.45, 7) is 4.64. The van der Waals surface area contributed by atoms with E-state index in [9.17, 15) is 4.79 Å². The van der Waals surface area contributed by atoms with Gasteiger partial charge in [-0.05, 0) is 24.0 Å². The van der Waals surface area contributed by atoms with E-state index in [1.54, 1.807) is 6.42 Å². The van der Waals surface area contributed by atoms with Gasteiger partial charge in [0.15, 0.2) is 0 Å². The van der Waals surface area contributed by atoms with Gasteiger partial charge in [-0.1, -0.05) is 57.4 Å². The number of hydrogen-bond acceptors (Lipinski definition) is 2. The van der Waals surface area contributed by atoms with E-state index >= 15 is 0 Å². The van der Waals surface area contributed by atoms with Crippen LogP contribution in [0.3, 0.4) is 0 Å². The molecule has 0 amide bonds. The molecule has 1 radical (unpaired) electrons. The molecule has 0 saturated carbocycles. The molecule has 1 aromatic carbocycles. The van der Waals surface area contributed by atoms with Gasteiger partial charge in [0, 0.05) is 0 Å². The summed E-state index contributed by atoms with van der Waals surface area (Å²) in [4.78, 5) is 11.4. The monoisotopic (exact) mass is 247 g/mol. The zero-order valence-electron chi connectivity index (χ0n) is 11.4. The maximum absolute atomic E-state index is 11.4. The van der Waals surface area contributed by atoms with E-state index in [1.165, 1.54) is 18.4 Å². The fraction of sp³-hybridized carbons (Fsp3) is 0.500. The van der Waals surface area contributed by atoms with Crippen molar-refractivity contribution in [1.29, 1.82) is 0 Å². The minimum atomic E-state index is -0.203. The fourth-order valence-corrected chi connectivity index (χ4v) is 1.70. The molecule has 99 valence electrons. The minimum absolute atomic E-state index is 0.203. The van der Waals surface area contributed by atoms with Gasteiger partial charge in [0.05, 0.1) is 6.42 Å². The molecule has 0 unspecified atom stereocenters. The lowest BCUT2D eigenvalue weighted by Crippen LogP contribution is -2.05. The number of ether oxygens (including phenoxy) is 1. The number of carbonyl (C=O) groups is 1. The Kier molecular flexibility index (Phi) is 7.16. The second kappa shape index (κ2) is 8.73. The summed E-state index contributed by atoms with van der Waals surface area (Å²) in [6, 6.07) is 8.19. The van der Waals surface area contributed by atoms with Gasteiger partial charge >= 0.3 is 5.97 Å². The Morgan fingerprint density at radius 1 is 1.11 bits per heavy atom. The highest BCUT2D eigenvalue weighted by molar-refractivity contribution is 5.78. The molecule has 0 N–H and O–H groups in total. The lowest BCUT2D eigenvalue weighted by atomic mass is 10.1. The van der Waals surface area contributed by atoms with Crippen LogP contribution in [0.1, 0.15) is 50.7 Å². The van der Waals surface area contributed by atoms with Gasteiger partial charge in [0.2, 0.25) is 0 Å². The Balaban J connectivity index is 2.20. The highest BCUT2D eigenvalue weighted by Crippen LogP contribution is 2.08. The topological polar surface area (TPSA) is 26.3 Å². The van der Waals surface area contributed by atoms with Gasteiger partial charge in [-0.3, -0.25) is 4.79 Å². The first-order valence-electron chi connectivity index (χ1n) is 6.84. The zero-order chi connectivity index (χ0) is 13.2. The van der Waals surface area contributed by atoms with Gasteiger partial charge in [-0.25, -0.2) is 0 Å². The van der Waals surface area contributed by atoms with Crippen LogP contribution in [0.25, 0.3) is 0 Å². The van der Waals surface area contributed by atoms with Gasteiger partial charge in [0.1, 0.15) is 6.61 Å². The summed E-state index contributed by atoms with van der Waals surface area (Å²) in [7, 11) is 0. The van der Waals surface area contributed by atoms with Gasteiger partial charge < -0.3 is 4.74 Å². The molecule has 2 heteroatoms. The molecule has 0 aliphatic rings. The molecule has 0 atom stereocenters. The molecule has 1 aromatic rings. The molecule has 0 heterocycles. The second-order valence-corrected chi connectivity index (χ2v) is 4.48. The number of unbranched alkanes of at least 4 members (excludes halogenated alkanes) is 3. The molecular formula is C16H23O2. The maximum atomic E-state index is 11.4. The molecule has 0 aliphatic carbocycles. The van der Waals surface area contributed by atoms with Crippen molar-refractivity contribution < 1.29 is 9.53 Å². The van der Waals surface area contributed by atoms with Crippen LogP contribution in [0, 0.1) is 6.42 Å². The highest BCUT2D eigenvalue weighted by atomic mass is 16.5. The number of aryl methyl sites for hydroxylation is 1. The van der Waals surface area contributed by atoms with Crippen LogP contribution >= 0.6 is 0 Å². The highest BCUT2D eigenvalue weighted by Gasteiger charge is 2.03. The van der Waals surface area contributed by atoms with Crippen LogP contribution in [-0.2, 0) is 22.6 Å². The standard InChI is InChI=1S/C16H23O2/c1-3-5-6-7-8-16(17)18-13-15-11-9-14(4-2)10-12-15/h8-12H,3-7,13H2,1-2H3. The Bertz CT molecular complexity index is 341. The van der Waals surface area contributed by atoms with Crippen molar-refractivity contribution in [3.8, 4) is 0 Å². The van der Waals surface area contributed by atoms with E-state index in [1.807, 2.05) is 12.1 Å². The number of hydrogen-bond donors (Lipinski definition) is 0. The molecule has 1 rings (SSSR count). The molecule has 0 fully saturated rings. The van der Waals surface area contributed by atoms with Crippen LogP contribution in [0.5, 0.6) is 0 Å². The smallest absolute Gasteiger partial charge is 0.310 e. The predicted octanol–water partition coefficient (Wildman–Crippen LogP) is 4.08. The third-order valence-corrected chi connectivity index (χ3v) is 2.93. The van der Waals surface area contributed by atoms with Crippen molar-refractivity contribution in [2.45, 2.75) is 52.6 Å². The van der Waals surface area contributed by atoms with E-state index in [0.29, 0.717) is 6.61 Å². The summed E-state index contributed by atoms with van der Waals surface area (Å²) in [6.07, 6.45) is 6.91. The first kappa shape index (κ1) is 14.7. The third-order valence-electron chi connectivity index (χ3n) is 2.93. The Morgan fingerprint density at radius 2 is 1.78 bits per heavy atom. The van der Waals surface area contributed by atoms with Crippen LogP contribution in [0.15, 0.2) is 24.3 Å². The van der Waals surface area contributed by atoms with Gasteiger partial charge in [0.25, 0.3) is 0 Å². The van der Waals surface area contributed by atoms with Crippen molar-refractivity contribution in [3.05, 3.63) is 41.8 Å². The van der Waals surface area contributed by atoms with Crippen LogP contribution in [-0.4, -0.2) is 5.97 Å². The summed E-state index contributed by atoms with van der Waals surface area (Å²) in [5.41, 5.74) is 2.35. The number of benzene rings is 1. The Morgan fingerprint density at radius 3 is 2.39 bits per heavy atom. The van der Waals surface area contributed by atoms with Crippen LogP contribution < -0.4 is 0 Å². The Labute approximate surface area is 110 Å². The van der Waals surface area contributed by atoms with Crippen molar-refractivity contribution in [2.24, 2.45) is 0 Å². The average Bonchev–Trinajstić information content (AvgIpc) is 2.42. The summed E-state index contributed by atoms with van der Waals surface area (Å²) in [5, 5.41) is 0. The second-order valence-electron chi connectivity index (χ2n) is 4.48. The molecule has 0 aromatic heterocycles. The van der Waals surface area contributed by atoms with Crippen molar-refractivity contribution in [3.63, 3.8) is 0 Å². The van der Waals surface area contributed by atoms with Crippen molar-refractivity contribution >= 4 is 5.97 Å². The summed E-state index contributed by atoms with van der Waals surface area (Å²) >= 11 is 0. The zero-order valence-corrected chi connectivity index (χ0v) is 11.4. The molecule has 0 bridgehead atoms. The largest absolute Gasteiger partial charge is 0.461 e. The van der Waals surface area contributed by atoms with Crippen molar-refractivity contribution in [2.75, 3.05) is 0 Å². The lowest BCUT2D eigenvalue weighted by Gasteiger charge is -2.05. The number of rotatable bonds is 8. The molecular weight excluding hydrogens is 224 g/mol. The molecule has 0 saturated heterocycles. The average molecular weight is 247 g/mol. The minimum Gasteiger partial charge on any atom is -0.461 e. The van der Waals surface area contributed by atoms with E-state index in [0.717, 1.165) is 24.8 Å². The SMILES string of the molecule is CCCCC[CH]C(=O)OCc1ccc(CC)cc1. The van der Waals surface area contributed by atoms with Crippen molar-refractivity contribution in [1.82, 2.24) is 0 Å². The van der Waals surface area contributed by atoms with Gasteiger partial charge in [-0.15, -0.1) is 0 Å². The predicted molar refractivity (Wildman–Crippen MR) is 74.1 cm³/mol. The molecule has 0 spiro atoms. The maximum Gasteiger partial charge on any atom is 0.310 e.